The number of halogens is 1. The average molecular weight is 258 g/mol. The third kappa shape index (κ3) is 2.78. The van der Waals surface area contributed by atoms with Crippen LogP contribution in [0.5, 0.6) is 5.75 Å². The topological polar surface area (TPSA) is 9.23 Å². The molecule has 0 unspecified atom stereocenters. The lowest BCUT2D eigenvalue weighted by atomic mass is 9.89. The van der Waals surface area contributed by atoms with Crippen LogP contribution in [0.4, 0.5) is 4.39 Å². The smallest absolute Gasteiger partial charge is 0.118 e. The molecule has 0 fully saturated rings. The van der Waals surface area contributed by atoms with Crippen molar-refractivity contribution in [3.63, 3.8) is 0 Å². The molecule has 0 atom stereocenters. The third-order valence-electron chi connectivity index (χ3n) is 3.33. The SMILES string of the molecule is COc1ccc(-c2c(CF)cccc2C(C)C)cc1. The Morgan fingerprint density at radius 3 is 2.26 bits per heavy atom. The summed E-state index contributed by atoms with van der Waals surface area (Å²) in [6.07, 6.45) is 0. The molecule has 2 aromatic rings. The molecule has 0 radical (unpaired) electrons. The van der Waals surface area contributed by atoms with Crippen molar-refractivity contribution in [1.82, 2.24) is 0 Å². The first-order valence-corrected chi connectivity index (χ1v) is 6.49. The zero-order valence-corrected chi connectivity index (χ0v) is 11.6. The predicted octanol–water partition coefficient (Wildman–Crippen LogP) is 4.96. The van der Waals surface area contributed by atoms with Crippen LogP contribution in [0.3, 0.4) is 0 Å². The zero-order valence-electron chi connectivity index (χ0n) is 11.6. The Balaban J connectivity index is 2.57. The van der Waals surface area contributed by atoms with Gasteiger partial charge >= 0.3 is 0 Å². The van der Waals surface area contributed by atoms with E-state index in [9.17, 15) is 4.39 Å². The maximum Gasteiger partial charge on any atom is 0.118 e. The van der Waals surface area contributed by atoms with Crippen molar-refractivity contribution in [1.29, 1.82) is 0 Å². The van der Waals surface area contributed by atoms with E-state index >= 15 is 0 Å². The van der Waals surface area contributed by atoms with Crippen molar-refractivity contribution in [3.8, 4) is 16.9 Å². The van der Waals surface area contributed by atoms with Gasteiger partial charge in [-0.1, -0.05) is 44.2 Å². The van der Waals surface area contributed by atoms with Crippen LogP contribution >= 0.6 is 0 Å². The van der Waals surface area contributed by atoms with Gasteiger partial charge in [0.15, 0.2) is 0 Å². The highest BCUT2D eigenvalue weighted by molar-refractivity contribution is 5.72. The number of rotatable bonds is 4. The van der Waals surface area contributed by atoms with Crippen LogP contribution in [0, 0.1) is 0 Å². The largest absolute Gasteiger partial charge is 0.497 e. The van der Waals surface area contributed by atoms with Gasteiger partial charge in [-0.25, -0.2) is 4.39 Å². The fraction of sp³-hybridized carbons (Fsp3) is 0.294. The van der Waals surface area contributed by atoms with Gasteiger partial charge in [-0.3, -0.25) is 0 Å². The second kappa shape index (κ2) is 5.87. The van der Waals surface area contributed by atoms with E-state index in [2.05, 4.69) is 19.9 Å². The number of methoxy groups -OCH3 is 1. The summed E-state index contributed by atoms with van der Waals surface area (Å²) in [5, 5.41) is 0. The molecular formula is C17H19FO. The Bertz CT molecular complexity index is 544. The molecule has 100 valence electrons. The molecule has 0 aliphatic carbocycles. The minimum absolute atomic E-state index is 0.364. The van der Waals surface area contributed by atoms with Crippen molar-refractivity contribution < 1.29 is 9.13 Å². The minimum Gasteiger partial charge on any atom is -0.497 e. The Labute approximate surface area is 114 Å². The van der Waals surface area contributed by atoms with Crippen LogP contribution in [0.15, 0.2) is 42.5 Å². The molecule has 0 saturated carbocycles. The van der Waals surface area contributed by atoms with Gasteiger partial charge in [0.05, 0.1) is 7.11 Å². The van der Waals surface area contributed by atoms with Gasteiger partial charge in [-0.15, -0.1) is 0 Å². The molecule has 2 heteroatoms. The summed E-state index contributed by atoms with van der Waals surface area (Å²) in [6.45, 7) is 3.82. The van der Waals surface area contributed by atoms with Gasteiger partial charge in [-0.05, 0) is 40.3 Å². The molecule has 1 nitrogen and oxygen atoms in total. The average Bonchev–Trinajstić information content (AvgIpc) is 2.46. The zero-order chi connectivity index (χ0) is 13.8. The molecule has 0 bridgehead atoms. The Morgan fingerprint density at radius 1 is 1.05 bits per heavy atom. The third-order valence-corrected chi connectivity index (χ3v) is 3.33. The van der Waals surface area contributed by atoms with E-state index in [1.807, 2.05) is 36.4 Å². The van der Waals surface area contributed by atoms with Crippen molar-refractivity contribution in [2.45, 2.75) is 26.4 Å². The molecule has 19 heavy (non-hydrogen) atoms. The van der Waals surface area contributed by atoms with Crippen LogP contribution in [0.1, 0.15) is 30.9 Å². The lowest BCUT2D eigenvalue weighted by molar-refractivity contribution is 0.415. The first kappa shape index (κ1) is 13.6. The highest BCUT2D eigenvalue weighted by Crippen LogP contribution is 2.33. The van der Waals surface area contributed by atoms with E-state index in [1.54, 1.807) is 7.11 Å². The van der Waals surface area contributed by atoms with Crippen molar-refractivity contribution in [3.05, 3.63) is 53.6 Å². The molecule has 0 amide bonds. The quantitative estimate of drug-likeness (QED) is 0.753. The molecule has 0 aromatic heterocycles. The predicted molar refractivity (Wildman–Crippen MR) is 77.3 cm³/mol. The van der Waals surface area contributed by atoms with E-state index in [0.29, 0.717) is 5.92 Å². The van der Waals surface area contributed by atoms with Gasteiger partial charge in [0.25, 0.3) is 0 Å². The van der Waals surface area contributed by atoms with Crippen molar-refractivity contribution >= 4 is 0 Å². The van der Waals surface area contributed by atoms with E-state index in [1.165, 1.54) is 5.56 Å². The van der Waals surface area contributed by atoms with E-state index in [0.717, 1.165) is 22.4 Å². The highest BCUT2D eigenvalue weighted by atomic mass is 19.1. The first-order valence-electron chi connectivity index (χ1n) is 6.49. The number of benzene rings is 2. The van der Waals surface area contributed by atoms with E-state index < -0.39 is 6.67 Å². The molecule has 0 heterocycles. The van der Waals surface area contributed by atoms with Gasteiger partial charge in [0.1, 0.15) is 12.4 Å². The Morgan fingerprint density at radius 2 is 1.74 bits per heavy atom. The fourth-order valence-electron chi connectivity index (χ4n) is 2.32. The monoisotopic (exact) mass is 258 g/mol. The summed E-state index contributed by atoms with van der Waals surface area (Å²) < 4.78 is 18.4. The molecule has 0 spiro atoms. The molecule has 0 aliphatic rings. The molecule has 0 N–H and O–H groups in total. The summed E-state index contributed by atoms with van der Waals surface area (Å²) >= 11 is 0. The van der Waals surface area contributed by atoms with Crippen molar-refractivity contribution in [2.75, 3.05) is 7.11 Å². The van der Waals surface area contributed by atoms with Crippen molar-refractivity contribution in [2.24, 2.45) is 0 Å². The van der Waals surface area contributed by atoms with Crippen LogP contribution in [0.2, 0.25) is 0 Å². The van der Waals surface area contributed by atoms with Crippen LogP contribution in [-0.2, 0) is 6.67 Å². The summed E-state index contributed by atoms with van der Waals surface area (Å²) in [4.78, 5) is 0. The number of ether oxygens (including phenoxy) is 1. The number of alkyl halides is 1. The maximum absolute atomic E-state index is 13.2. The first-order chi connectivity index (χ1) is 9.17. The molecule has 0 aliphatic heterocycles. The normalized spacial score (nSPS) is 10.8. The van der Waals surface area contributed by atoms with Gasteiger partial charge in [0.2, 0.25) is 0 Å². The van der Waals surface area contributed by atoms with E-state index in [4.69, 9.17) is 4.74 Å². The highest BCUT2D eigenvalue weighted by Gasteiger charge is 2.13. The standard InChI is InChI=1S/C17H19FO/c1-12(2)16-6-4-5-14(11-18)17(16)13-7-9-15(19-3)10-8-13/h4-10,12H,11H2,1-3H3. The summed E-state index contributed by atoms with van der Waals surface area (Å²) in [5.74, 6) is 1.18. The summed E-state index contributed by atoms with van der Waals surface area (Å²) in [5.41, 5.74) is 3.98. The lowest BCUT2D eigenvalue weighted by Crippen LogP contribution is -1.97. The molecular weight excluding hydrogens is 239 g/mol. The summed E-state index contributed by atoms with van der Waals surface area (Å²) in [7, 11) is 1.64. The second-order valence-electron chi connectivity index (χ2n) is 4.90. The van der Waals surface area contributed by atoms with Crippen LogP contribution in [0.25, 0.3) is 11.1 Å². The molecule has 0 saturated heterocycles. The van der Waals surface area contributed by atoms with Gasteiger partial charge < -0.3 is 4.74 Å². The Kier molecular flexibility index (Phi) is 4.20. The number of hydrogen-bond acceptors (Lipinski definition) is 1. The van der Waals surface area contributed by atoms with Gasteiger partial charge in [0, 0.05) is 0 Å². The molecule has 2 aromatic carbocycles. The lowest BCUT2D eigenvalue weighted by Gasteiger charge is -2.16. The van der Waals surface area contributed by atoms with Gasteiger partial charge in [-0.2, -0.15) is 0 Å². The second-order valence-corrected chi connectivity index (χ2v) is 4.90. The van der Waals surface area contributed by atoms with E-state index in [-0.39, 0.29) is 0 Å². The minimum atomic E-state index is -0.443. The summed E-state index contributed by atoms with van der Waals surface area (Å²) in [6, 6.07) is 13.6. The number of hydrogen-bond donors (Lipinski definition) is 0. The maximum atomic E-state index is 13.2. The van der Waals surface area contributed by atoms with Crippen LogP contribution in [-0.4, -0.2) is 7.11 Å². The van der Waals surface area contributed by atoms with Crippen LogP contribution < -0.4 is 4.74 Å². The Hall–Kier alpha value is -1.83. The molecule has 2 rings (SSSR count). The fourth-order valence-corrected chi connectivity index (χ4v) is 2.32.